The molecule has 0 aromatic carbocycles. The number of ether oxygens (including phenoxy) is 2. The summed E-state index contributed by atoms with van der Waals surface area (Å²) in [4.78, 5) is 11.7. The van der Waals surface area contributed by atoms with E-state index in [1.807, 2.05) is 13.8 Å². The Morgan fingerprint density at radius 1 is 1.62 bits per heavy atom. The molecule has 0 aliphatic carbocycles. The van der Waals surface area contributed by atoms with Crippen molar-refractivity contribution >= 4 is 28.6 Å². The second-order valence-corrected chi connectivity index (χ2v) is 5.09. The number of halogens is 1. The number of allylic oxidation sites excluding steroid dienone is 1. The number of rotatable bonds is 4. The summed E-state index contributed by atoms with van der Waals surface area (Å²) in [5.74, 6) is 0.395. The molecule has 1 heterocycles. The van der Waals surface area contributed by atoms with Crippen LogP contribution >= 0.6 is 22.6 Å². The highest BCUT2D eigenvalue weighted by atomic mass is 127. The number of hydrogen-bond acceptors (Lipinski definition) is 3. The van der Waals surface area contributed by atoms with Crippen LogP contribution in [0.25, 0.3) is 0 Å². The van der Waals surface area contributed by atoms with Crippen LogP contribution in [0.4, 0.5) is 0 Å². The minimum absolute atomic E-state index is 0.270. The van der Waals surface area contributed by atoms with Gasteiger partial charge in [-0.3, -0.25) is 0 Å². The van der Waals surface area contributed by atoms with Gasteiger partial charge in [-0.05, 0) is 42.9 Å². The van der Waals surface area contributed by atoms with E-state index in [0.29, 0.717) is 24.4 Å². The first-order valence-electron chi connectivity index (χ1n) is 5.37. The molecule has 90 valence electrons. The average molecular weight is 336 g/mol. The Kier molecular flexibility index (Phi) is 4.41. The monoisotopic (exact) mass is 336 g/mol. The summed E-state index contributed by atoms with van der Waals surface area (Å²) in [5.41, 5.74) is 0.216. The summed E-state index contributed by atoms with van der Waals surface area (Å²) in [6.07, 6.45) is 1.37. The molecule has 1 atom stereocenters. The lowest BCUT2D eigenvalue weighted by Gasteiger charge is -2.27. The summed E-state index contributed by atoms with van der Waals surface area (Å²) in [6.45, 7) is 9.97. The Hall–Kier alpha value is -0.520. The molecule has 16 heavy (non-hydrogen) atoms. The summed E-state index contributed by atoms with van der Waals surface area (Å²) < 4.78 is 11.7. The summed E-state index contributed by atoms with van der Waals surface area (Å²) in [7, 11) is 0. The Labute approximate surface area is 110 Å². The fraction of sp³-hybridized carbons (Fsp3) is 0.583. The van der Waals surface area contributed by atoms with Crippen LogP contribution in [-0.2, 0) is 14.3 Å². The molecule has 1 aliphatic rings. The standard InChI is InChI=1S/C12H17IO3/c1-5-12(9(4)13)7-10(8(3)16-12)11(14)15-6-2/h4-7H2,1-3H3. The molecule has 0 radical (unpaired) electrons. The predicted molar refractivity (Wildman–Crippen MR) is 71.2 cm³/mol. The highest BCUT2D eigenvalue weighted by Crippen LogP contribution is 2.43. The molecule has 0 fully saturated rings. The van der Waals surface area contributed by atoms with Crippen LogP contribution in [0.2, 0.25) is 0 Å². The molecule has 0 bridgehead atoms. The van der Waals surface area contributed by atoms with E-state index in [2.05, 4.69) is 29.2 Å². The highest BCUT2D eigenvalue weighted by Gasteiger charge is 2.42. The first-order chi connectivity index (χ1) is 7.46. The minimum Gasteiger partial charge on any atom is -0.486 e. The second-order valence-electron chi connectivity index (χ2n) is 3.79. The Morgan fingerprint density at radius 3 is 2.62 bits per heavy atom. The van der Waals surface area contributed by atoms with Crippen molar-refractivity contribution in [3.63, 3.8) is 0 Å². The molecular weight excluding hydrogens is 319 g/mol. The fourth-order valence-corrected chi connectivity index (χ4v) is 2.46. The van der Waals surface area contributed by atoms with Gasteiger partial charge in [0, 0.05) is 10.0 Å². The number of carbonyl (C=O) groups is 1. The summed E-state index contributed by atoms with van der Waals surface area (Å²) in [6, 6.07) is 0. The van der Waals surface area contributed by atoms with Crippen molar-refractivity contribution in [1.82, 2.24) is 0 Å². The SMILES string of the molecule is C=C(I)C1(CC)CC(C(=O)OCC)=C(C)O1. The smallest absolute Gasteiger partial charge is 0.337 e. The Balaban J connectivity index is 2.88. The molecule has 1 unspecified atom stereocenters. The largest absolute Gasteiger partial charge is 0.486 e. The van der Waals surface area contributed by atoms with Crippen molar-refractivity contribution in [3.05, 3.63) is 21.5 Å². The molecule has 0 saturated heterocycles. The third kappa shape index (κ3) is 2.42. The average Bonchev–Trinajstić information content (AvgIpc) is 2.57. The molecule has 1 aliphatic heterocycles. The molecule has 1 rings (SSSR count). The molecule has 4 heteroatoms. The van der Waals surface area contributed by atoms with E-state index in [1.54, 1.807) is 6.92 Å². The van der Waals surface area contributed by atoms with Gasteiger partial charge in [0.05, 0.1) is 12.2 Å². The lowest BCUT2D eigenvalue weighted by atomic mass is 9.94. The topological polar surface area (TPSA) is 35.5 Å². The van der Waals surface area contributed by atoms with E-state index in [4.69, 9.17) is 9.47 Å². The summed E-state index contributed by atoms with van der Waals surface area (Å²) >= 11 is 2.16. The number of hydrogen-bond donors (Lipinski definition) is 0. The van der Waals surface area contributed by atoms with E-state index in [-0.39, 0.29) is 5.97 Å². The maximum Gasteiger partial charge on any atom is 0.337 e. The highest BCUT2D eigenvalue weighted by molar-refractivity contribution is 14.1. The third-order valence-corrected chi connectivity index (χ3v) is 3.81. The van der Waals surface area contributed by atoms with E-state index >= 15 is 0 Å². The van der Waals surface area contributed by atoms with Gasteiger partial charge in [0.25, 0.3) is 0 Å². The first kappa shape index (κ1) is 13.5. The zero-order chi connectivity index (χ0) is 12.3. The van der Waals surface area contributed by atoms with Crippen LogP contribution in [0.3, 0.4) is 0 Å². The van der Waals surface area contributed by atoms with Crippen LogP contribution in [0.15, 0.2) is 21.5 Å². The van der Waals surface area contributed by atoms with Crippen molar-refractivity contribution in [2.45, 2.75) is 39.2 Å². The van der Waals surface area contributed by atoms with Gasteiger partial charge in [0.2, 0.25) is 0 Å². The van der Waals surface area contributed by atoms with Crippen molar-refractivity contribution in [2.24, 2.45) is 0 Å². The first-order valence-corrected chi connectivity index (χ1v) is 6.45. The summed E-state index contributed by atoms with van der Waals surface area (Å²) in [5, 5.41) is 0. The van der Waals surface area contributed by atoms with Gasteiger partial charge in [-0.25, -0.2) is 4.79 Å². The van der Waals surface area contributed by atoms with Crippen LogP contribution < -0.4 is 0 Å². The molecule has 0 aromatic rings. The maximum absolute atomic E-state index is 11.7. The van der Waals surface area contributed by atoms with Gasteiger partial charge < -0.3 is 9.47 Å². The van der Waals surface area contributed by atoms with Gasteiger partial charge in [-0.2, -0.15) is 0 Å². The minimum atomic E-state index is -0.424. The molecule has 0 amide bonds. The van der Waals surface area contributed by atoms with Gasteiger partial charge in [0.1, 0.15) is 11.4 Å². The predicted octanol–water partition coefficient (Wildman–Crippen LogP) is 3.34. The molecule has 0 aromatic heterocycles. The van der Waals surface area contributed by atoms with Gasteiger partial charge in [0.15, 0.2) is 0 Å². The van der Waals surface area contributed by atoms with Crippen LogP contribution in [0, 0.1) is 0 Å². The lowest BCUT2D eigenvalue weighted by molar-refractivity contribution is -0.138. The normalized spacial score (nSPS) is 24.2. The van der Waals surface area contributed by atoms with E-state index < -0.39 is 5.60 Å². The lowest BCUT2D eigenvalue weighted by Crippen LogP contribution is -2.28. The number of carbonyl (C=O) groups excluding carboxylic acids is 1. The quantitative estimate of drug-likeness (QED) is 0.583. The molecule has 0 saturated carbocycles. The fourth-order valence-electron chi connectivity index (χ4n) is 1.78. The van der Waals surface area contributed by atoms with Crippen LogP contribution in [0.1, 0.15) is 33.6 Å². The van der Waals surface area contributed by atoms with Crippen LogP contribution in [-0.4, -0.2) is 18.2 Å². The van der Waals surface area contributed by atoms with Crippen molar-refractivity contribution in [2.75, 3.05) is 6.61 Å². The number of esters is 1. The molecule has 0 spiro atoms. The molecule has 3 nitrogen and oxygen atoms in total. The van der Waals surface area contributed by atoms with E-state index in [0.717, 1.165) is 10.0 Å². The van der Waals surface area contributed by atoms with E-state index in [1.165, 1.54) is 0 Å². The zero-order valence-electron chi connectivity index (χ0n) is 9.93. The zero-order valence-corrected chi connectivity index (χ0v) is 12.1. The Morgan fingerprint density at radius 2 is 2.25 bits per heavy atom. The van der Waals surface area contributed by atoms with Gasteiger partial charge in [-0.1, -0.05) is 13.5 Å². The molecular formula is C12H17IO3. The van der Waals surface area contributed by atoms with Gasteiger partial charge in [-0.15, -0.1) is 0 Å². The van der Waals surface area contributed by atoms with Crippen molar-refractivity contribution < 1.29 is 14.3 Å². The Bertz CT molecular complexity index is 346. The second kappa shape index (κ2) is 5.21. The van der Waals surface area contributed by atoms with Crippen molar-refractivity contribution in [3.8, 4) is 0 Å². The van der Waals surface area contributed by atoms with Gasteiger partial charge >= 0.3 is 5.97 Å². The maximum atomic E-state index is 11.7. The van der Waals surface area contributed by atoms with E-state index in [9.17, 15) is 4.79 Å². The van der Waals surface area contributed by atoms with Crippen molar-refractivity contribution in [1.29, 1.82) is 0 Å². The van der Waals surface area contributed by atoms with Crippen LogP contribution in [0.5, 0.6) is 0 Å². The molecule has 0 N–H and O–H groups in total. The third-order valence-electron chi connectivity index (χ3n) is 2.82.